The summed E-state index contributed by atoms with van der Waals surface area (Å²) >= 11 is 4.77. The van der Waals surface area contributed by atoms with Crippen molar-refractivity contribution in [2.75, 3.05) is 33.7 Å². The summed E-state index contributed by atoms with van der Waals surface area (Å²) in [6.45, 7) is 4.64. The quantitative estimate of drug-likeness (QED) is 0.728. The molecule has 0 aliphatic heterocycles. The Hall–Kier alpha value is 0.01000. The van der Waals surface area contributed by atoms with Gasteiger partial charge in [0.1, 0.15) is 4.90 Å². The van der Waals surface area contributed by atoms with Gasteiger partial charge in [-0.05, 0) is 42.6 Å². The third-order valence-corrected chi connectivity index (χ3v) is 6.11. The second-order valence-electron chi connectivity index (χ2n) is 4.33. The van der Waals surface area contributed by atoms with Crippen molar-refractivity contribution in [3.8, 4) is 0 Å². The van der Waals surface area contributed by atoms with Gasteiger partial charge in [0.25, 0.3) is 0 Å². The van der Waals surface area contributed by atoms with Crippen molar-refractivity contribution in [2.45, 2.75) is 18.4 Å². The Kier molecular flexibility index (Phi) is 6.92. The highest BCUT2D eigenvalue weighted by molar-refractivity contribution is 9.11. The summed E-state index contributed by atoms with van der Waals surface area (Å²) in [4.78, 5) is 3.26. The Labute approximate surface area is 127 Å². The number of halogens is 1. The van der Waals surface area contributed by atoms with Gasteiger partial charge < -0.3 is 10.2 Å². The Bertz CT molecular complexity index is 500. The van der Waals surface area contributed by atoms with Crippen LogP contribution in [0.2, 0.25) is 0 Å². The van der Waals surface area contributed by atoms with Gasteiger partial charge in [-0.25, -0.2) is 13.1 Å². The molecule has 0 unspecified atom stereocenters. The minimum Gasteiger partial charge on any atom is -0.312 e. The van der Waals surface area contributed by atoms with Crippen molar-refractivity contribution < 1.29 is 8.42 Å². The van der Waals surface area contributed by atoms with E-state index in [4.69, 9.17) is 0 Å². The molecule has 19 heavy (non-hydrogen) atoms. The lowest BCUT2D eigenvalue weighted by Crippen LogP contribution is -2.31. The summed E-state index contributed by atoms with van der Waals surface area (Å²) in [7, 11) is 0.380. The van der Waals surface area contributed by atoms with Crippen LogP contribution in [0.5, 0.6) is 0 Å². The van der Waals surface area contributed by atoms with Crippen molar-refractivity contribution in [1.82, 2.24) is 14.9 Å². The molecule has 0 aromatic carbocycles. The van der Waals surface area contributed by atoms with Crippen molar-refractivity contribution in [3.05, 3.63) is 14.7 Å². The second-order valence-corrected chi connectivity index (χ2v) is 8.52. The molecule has 0 radical (unpaired) electrons. The first kappa shape index (κ1) is 17.1. The highest BCUT2D eigenvalue weighted by Gasteiger charge is 2.20. The molecule has 0 aliphatic carbocycles. The van der Waals surface area contributed by atoms with Crippen LogP contribution in [0.1, 0.15) is 11.8 Å². The van der Waals surface area contributed by atoms with Gasteiger partial charge in [0.05, 0.1) is 3.79 Å². The zero-order chi connectivity index (χ0) is 14.5. The molecule has 8 heteroatoms. The van der Waals surface area contributed by atoms with Crippen LogP contribution in [0.3, 0.4) is 0 Å². The van der Waals surface area contributed by atoms with Crippen LogP contribution in [-0.2, 0) is 16.6 Å². The molecule has 1 aromatic heterocycles. The first-order valence-corrected chi connectivity index (χ1v) is 9.09. The van der Waals surface area contributed by atoms with E-state index in [2.05, 4.69) is 26.0 Å². The molecule has 0 bridgehead atoms. The number of hydrogen-bond donors (Lipinski definition) is 2. The van der Waals surface area contributed by atoms with E-state index in [9.17, 15) is 8.42 Å². The fourth-order valence-electron chi connectivity index (χ4n) is 1.40. The van der Waals surface area contributed by atoms with Gasteiger partial charge in [0.15, 0.2) is 0 Å². The SMILES string of the molecule is CCNCc1cc(S(=O)(=O)NCCN(C)C)c(Br)s1. The molecule has 0 saturated carbocycles. The number of hydrogen-bond acceptors (Lipinski definition) is 5. The van der Waals surface area contributed by atoms with Crippen molar-refractivity contribution in [1.29, 1.82) is 0 Å². The van der Waals surface area contributed by atoms with Crippen LogP contribution in [-0.4, -0.2) is 47.0 Å². The molecule has 5 nitrogen and oxygen atoms in total. The molecule has 0 spiro atoms. The lowest BCUT2D eigenvalue weighted by Gasteiger charge is -2.10. The Morgan fingerprint density at radius 2 is 2.11 bits per heavy atom. The Morgan fingerprint density at radius 3 is 2.68 bits per heavy atom. The minimum atomic E-state index is -3.43. The normalized spacial score (nSPS) is 12.3. The van der Waals surface area contributed by atoms with E-state index in [1.54, 1.807) is 6.07 Å². The maximum atomic E-state index is 12.1. The zero-order valence-electron chi connectivity index (χ0n) is 11.4. The third kappa shape index (κ3) is 5.49. The van der Waals surface area contributed by atoms with Gasteiger partial charge in [-0.15, -0.1) is 11.3 Å². The molecule has 1 heterocycles. The zero-order valence-corrected chi connectivity index (χ0v) is 14.6. The monoisotopic (exact) mass is 369 g/mol. The average Bonchev–Trinajstić information content (AvgIpc) is 2.68. The van der Waals surface area contributed by atoms with E-state index in [0.29, 0.717) is 28.3 Å². The summed E-state index contributed by atoms with van der Waals surface area (Å²) in [5.74, 6) is 0. The molecule has 1 aromatic rings. The largest absolute Gasteiger partial charge is 0.312 e. The standard InChI is InChI=1S/C11H20BrN3O2S2/c1-4-13-8-9-7-10(11(12)18-9)19(16,17)14-5-6-15(2)3/h7,13-14H,4-6,8H2,1-3H3. The van der Waals surface area contributed by atoms with Crippen LogP contribution in [0.15, 0.2) is 14.7 Å². The van der Waals surface area contributed by atoms with Gasteiger partial charge in [0.2, 0.25) is 10.0 Å². The maximum absolute atomic E-state index is 12.1. The van der Waals surface area contributed by atoms with Gasteiger partial charge >= 0.3 is 0 Å². The van der Waals surface area contributed by atoms with Gasteiger partial charge in [-0.2, -0.15) is 0 Å². The molecule has 2 N–H and O–H groups in total. The summed E-state index contributed by atoms with van der Waals surface area (Å²) in [5.41, 5.74) is 0. The number of likely N-dealkylation sites (N-methyl/N-ethyl adjacent to an activating group) is 1. The smallest absolute Gasteiger partial charge is 0.242 e. The van der Waals surface area contributed by atoms with E-state index in [-0.39, 0.29) is 0 Å². The second kappa shape index (κ2) is 7.70. The summed E-state index contributed by atoms with van der Waals surface area (Å²) < 4.78 is 27.6. The molecule has 1 rings (SSSR count). The van der Waals surface area contributed by atoms with Gasteiger partial charge in [-0.3, -0.25) is 0 Å². The lowest BCUT2D eigenvalue weighted by atomic mass is 10.4. The van der Waals surface area contributed by atoms with Crippen molar-refractivity contribution in [3.63, 3.8) is 0 Å². The molecule has 0 atom stereocenters. The molecular formula is C11H20BrN3O2S2. The number of sulfonamides is 1. The molecule has 110 valence electrons. The first-order chi connectivity index (χ1) is 8.86. The van der Waals surface area contributed by atoms with E-state index in [0.717, 1.165) is 11.4 Å². The van der Waals surface area contributed by atoms with E-state index < -0.39 is 10.0 Å². The van der Waals surface area contributed by atoms with E-state index in [1.165, 1.54) is 11.3 Å². The number of nitrogens with one attached hydrogen (secondary N) is 2. The van der Waals surface area contributed by atoms with Crippen LogP contribution >= 0.6 is 27.3 Å². The number of thiophene rings is 1. The molecule has 0 saturated heterocycles. The fourth-order valence-corrected chi connectivity index (χ4v) is 5.07. The van der Waals surface area contributed by atoms with E-state index in [1.807, 2.05) is 25.9 Å². The molecular weight excluding hydrogens is 350 g/mol. The highest BCUT2D eigenvalue weighted by Crippen LogP contribution is 2.31. The van der Waals surface area contributed by atoms with Gasteiger partial charge in [0, 0.05) is 24.5 Å². The Balaban J connectivity index is 2.74. The van der Waals surface area contributed by atoms with Crippen molar-refractivity contribution >= 4 is 37.3 Å². The summed E-state index contributed by atoms with van der Waals surface area (Å²) in [6.07, 6.45) is 0. The number of rotatable bonds is 8. The highest BCUT2D eigenvalue weighted by atomic mass is 79.9. The predicted molar refractivity (Wildman–Crippen MR) is 83.1 cm³/mol. The summed E-state index contributed by atoms with van der Waals surface area (Å²) in [6, 6.07) is 1.72. The summed E-state index contributed by atoms with van der Waals surface area (Å²) in [5, 5.41) is 3.18. The number of nitrogens with zero attached hydrogens (tertiary/aromatic N) is 1. The molecule has 0 aliphatic rings. The van der Waals surface area contributed by atoms with Crippen molar-refractivity contribution in [2.24, 2.45) is 0 Å². The fraction of sp³-hybridized carbons (Fsp3) is 0.636. The van der Waals surface area contributed by atoms with Gasteiger partial charge in [-0.1, -0.05) is 6.92 Å². The van der Waals surface area contributed by atoms with Crippen LogP contribution < -0.4 is 10.0 Å². The van der Waals surface area contributed by atoms with Crippen LogP contribution in [0.25, 0.3) is 0 Å². The first-order valence-electron chi connectivity index (χ1n) is 6.00. The van der Waals surface area contributed by atoms with E-state index >= 15 is 0 Å². The Morgan fingerprint density at radius 1 is 1.42 bits per heavy atom. The molecule has 0 amide bonds. The third-order valence-electron chi connectivity index (χ3n) is 2.40. The van der Waals surface area contributed by atoms with Crippen LogP contribution in [0.4, 0.5) is 0 Å². The predicted octanol–water partition coefficient (Wildman–Crippen LogP) is 1.46. The average molecular weight is 370 g/mol. The molecule has 0 fully saturated rings. The lowest BCUT2D eigenvalue weighted by molar-refractivity contribution is 0.412. The van der Waals surface area contributed by atoms with Crippen LogP contribution in [0, 0.1) is 0 Å². The maximum Gasteiger partial charge on any atom is 0.242 e. The minimum absolute atomic E-state index is 0.323. The topological polar surface area (TPSA) is 61.4 Å².